The molecule has 0 amide bonds. The Morgan fingerprint density at radius 1 is 1.40 bits per heavy atom. The molecule has 0 aliphatic heterocycles. The SMILES string of the molecule is CNC(CS(C)(=O)=O)c1cccc(C)c1. The van der Waals surface area contributed by atoms with Crippen molar-refractivity contribution in [1.29, 1.82) is 0 Å². The first kappa shape index (κ1) is 12.2. The van der Waals surface area contributed by atoms with E-state index >= 15 is 0 Å². The van der Waals surface area contributed by atoms with E-state index in [4.69, 9.17) is 0 Å². The molecule has 1 atom stereocenters. The maximum absolute atomic E-state index is 11.2. The second-order valence-electron chi connectivity index (χ2n) is 3.85. The zero-order valence-electron chi connectivity index (χ0n) is 9.32. The molecule has 84 valence electrons. The van der Waals surface area contributed by atoms with E-state index in [-0.39, 0.29) is 11.8 Å². The standard InChI is InChI=1S/C11H17NO2S/c1-9-5-4-6-10(7-9)11(12-2)8-15(3,13)14/h4-7,11-12H,8H2,1-3H3. The molecule has 4 heteroatoms. The highest BCUT2D eigenvalue weighted by atomic mass is 32.2. The van der Waals surface area contributed by atoms with Crippen LogP contribution in [0.25, 0.3) is 0 Å². The van der Waals surface area contributed by atoms with Gasteiger partial charge in [-0.05, 0) is 19.5 Å². The summed E-state index contributed by atoms with van der Waals surface area (Å²) in [5.41, 5.74) is 2.16. The predicted octanol–water partition coefficient (Wildman–Crippen LogP) is 1.30. The lowest BCUT2D eigenvalue weighted by molar-refractivity contribution is 0.579. The van der Waals surface area contributed by atoms with E-state index in [1.165, 1.54) is 6.26 Å². The molecule has 0 aromatic heterocycles. The number of sulfone groups is 1. The van der Waals surface area contributed by atoms with E-state index in [2.05, 4.69) is 5.32 Å². The zero-order chi connectivity index (χ0) is 11.5. The summed E-state index contributed by atoms with van der Waals surface area (Å²) in [6.07, 6.45) is 1.26. The van der Waals surface area contributed by atoms with Gasteiger partial charge < -0.3 is 5.32 Å². The van der Waals surface area contributed by atoms with Gasteiger partial charge in [0.05, 0.1) is 5.75 Å². The minimum Gasteiger partial charge on any atom is -0.312 e. The number of aryl methyl sites for hydroxylation is 1. The van der Waals surface area contributed by atoms with Crippen molar-refractivity contribution in [3.63, 3.8) is 0 Å². The fourth-order valence-corrected chi connectivity index (χ4v) is 2.50. The molecule has 1 unspecified atom stereocenters. The van der Waals surface area contributed by atoms with Gasteiger partial charge in [-0.2, -0.15) is 0 Å². The Balaban J connectivity index is 2.93. The average molecular weight is 227 g/mol. The lowest BCUT2D eigenvalue weighted by Crippen LogP contribution is -2.24. The first-order valence-corrected chi connectivity index (χ1v) is 6.90. The lowest BCUT2D eigenvalue weighted by atomic mass is 10.1. The normalized spacial score (nSPS) is 13.8. The van der Waals surface area contributed by atoms with Gasteiger partial charge in [0.25, 0.3) is 0 Å². The topological polar surface area (TPSA) is 46.2 Å². The molecule has 0 saturated heterocycles. The van der Waals surface area contributed by atoms with Crippen molar-refractivity contribution in [2.45, 2.75) is 13.0 Å². The van der Waals surface area contributed by atoms with Crippen molar-refractivity contribution in [2.24, 2.45) is 0 Å². The molecule has 1 aromatic carbocycles. The summed E-state index contributed by atoms with van der Waals surface area (Å²) in [6.45, 7) is 2.00. The Bertz CT molecular complexity index is 426. The molecule has 0 aliphatic carbocycles. The van der Waals surface area contributed by atoms with Crippen LogP contribution in [0.5, 0.6) is 0 Å². The maximum Gasteiger partial charge on any atom is 0.149 e. The molecule has 0 bridgehead atoms. The van der Waals surface area contributed by atoms with Crippen molar-refractivity contribution in [1.82, 2.24) is 5.32 Å². The van der Waals surface area contributed by atoms with Gasteiger partial charge in [0.1, 0.15) is 9.84 Å². The monoisotopic (exact) mass is 227 g/mol. The van der Waals surface area contributed by atoms with Gasteiger partial charge in [0.2, 0.25) is 0 Å². The molecule has 0 radical (unpaired) electrons. The Morgan fingerprint density at radius 2 is 2.07 bits per heavy atom. The van der Waals surface area contributed by atoms with Gasteiger partial charge >= 0.3 is 0 Å². The summed E-state index contributed by atoms with van der Waals surface area (Å²) in [6, 6.07) is 7.76. The molecule has 15 heavy (non-hydrogen) atoms. The highest BCUT2D eigenvalue weighted by Crippen LogP contribution is 2.15. The highest BCUT2D eigenvalue weighted by molar-refractivity contribution is 7.90. The Morgan fingerprint density at radius 3 is 2.53 bits per heavy atom. The first-order valence-electron chi connectivity index (χ1n) is 4.84. The van der Waals surface area contributed by atoms with E-state index in [9.17, 15) is 8.42 Å². The van der Waals surface area contributed by atoms with Crippen LogP contribution in [0.15, 0.2) is 24.3 Å². The smallest absolute Gasteiger partial charge is 0.149 e. The van der Waals surface area contributed by atoms with Crippen LogP contribution < -0.4 is 5.32 Å². The Hall–Kier alpha value is -0.870. The van der Waals surface area contributed by atoms with E-state index in [0.29, 0.717) is 0 Å². The third-order valence-electron chi connectivity index (χ3n) is 2.26. The number of hydrogen-bond donors (Lipinski definition) is 1. The van der Waals surface area contributed by atoms with Gasteiger partial charge in [-0.15, -0.1) is 0 Å². The molecule has 0 saturated carbocycles. The summed E-state index contributed by atoms with van der Waals surface area (Å²) in [5.74, 6) is 0.132. The summed E-state index contributed by atoms with van der Waals surface area (Å²) < 4.78 is 22.4. The largest absolute Gasteiger partial charge is 0.312 e. The Kier molecular flexibility index (Phi) is 3.88. The fourth-order valence-electron chi connectivity index (χ4n) is 1.54. The van der Waals surface area contributed by atoms with Crippen LogP contribution in [0.1, 0.15) is 17.2 Å². The van der Waals surface area contributed by atoms with E-state index in [0.717, 1.165) is 11.1 Å². The van der Waals surface area contributed by atoms with Crippen molar-refractivity contribution >= 4 is 9.84 Å². The minimum atomic E-state index is -2.96. The van der Waals surface area contributed by atoms with E-state index in [1.54, 1.807) is 7.05 Å². The van der Waals surface area contributed by atoms with Crippen molar-refractivity contribution in [3.8, 4) is 0 Å². The first-order chi connectivity index (χ1) is 6.92. The number of rotatable bonds is 4. The minimum absolute atomic E-state index is 0.125. The molecule has 0 aliphatic rings. The Labute approximate surface area is 91.4 Å². The van der Waals surface area contributed by atoms with Crippen LogP contribution in [-0.4, -0.2) is 27.5 Å². The second-order valence-corrected chi connectivity index (χ2v) is 6.03. The molecule has 1 aromatic rings. The summed E-state index contributed by atoms with van der Waals surface area (Å²) in [5, 5.41) is 3.02. The molecular weight excluding hydrogens is 210 g/mol. The third-order valence-corrected chi connectivity index (χ3v) is 3.20. The van der Waals surface area contributed by atoms with Gasteiger partial charge in [0, 0.05) is 12.3 Å². The average Bonchev–Trinajstić information content (AvgIpc) is 2.13. The van der Waals surface area contributed by atoms with Crippen LogP contribution in [-0.2, 0) is 9.84 Å². The lowest BCUT2D eigenvalue weighted by Gasteiger charge is -2.15. The van der Waals surface area contributed by atoms with Crippen molar-refractivity contribution in [2.75, 3.05) is 19.1 Å². The van der Waals surface area contributed by atoms with Gasteiger partial charge in [0.15, 0.2) is 0 Å². The maximum atomic E-state index is 11.2. The van der Waals surface area contributed by atoms with Crippen LogP contribution in [0.2, 0.25) is 0 Å². The van der Waals surface area contributed by atoms with Crippen molar-refractivity contribution in [3.05, 3.63) is 35.4 Å². The third kappa shape index (κ3) is 4.01. The number of hydrogen-bond acceptors (Lipinski definition) is 3. The number of nitrogens with one attached hydrogen (secondary N) is 1. The molecule has 1 rings (SSSR count). The van der Waals surface area contributed by atoms with Crippen LogP contribution in [0.4, 0.5) is 0 Å². The molecule has 3 nitrogen and oxygen atoms in total. The van der Waals surface area contributed by atoms with Crippen LogP contribution in [0.3, 0.4) is 0 Å². The van der Waals surface area contributed by atoms with Crippen LogP contribution in [0, 0.1) is 6.92 Å². The zero-order valence-corrected chi connectivity index (χ0v) is 10.1. The van der Waals surface area contributed by atoms with E-state index < -0.39 is 9.84 Å². The van der Waals surface area contributed by atoms with Gasteiger partial charge in [-0.1, -0.05) is 29.8 Å². The van der Waals surface area contributed by atoms with Crippen LogP contribution >= 0.6 is 0 Å². The van der Waals surface area contributed by atoms with Gasteiger partial charge in [-0.3, -0.25) is 0 Å². The van der Waals surface area contributed by atoms with E-state index in [1.807, 2.05) is 31.2 Å². The number of benzene rings is 1. The summed E-state index contributed by atoms with van der Waals surface area (Å²) in [4.78, 5) is 0. The predicted molar refractivity (Wildman–Crippen MR) is 62.7 cm³/mol. The fraction of sp³-hybridized carbons (Fsp3) is 0.455. The summed E-state index contributed by atoms with van der Waals surface area (Å²) in [7, 11) is -1.18. The molecule has 0 spiro atoms. The van der Waals surface area contributed by atoms with Gasteiger partial charge in [-0.25, -0.2) is 8.42 Å². The molecular formula is C11H17NO2S. The van der Waals surface area contributed by atoms with Crippen molar-refractivity contribution < 1.29 is 8.42 Å². The highest BCUT2D eigenvalue weighted by Gasteiger charge is 2.15. The molecule has 0 heterocycles. The molecule has 0 fully saturated rings. The molecule has 1 N–H and O–H groups in total. The quantitative estimate of drug-likeness (QED) is 0.843. The summed E-state index contributed by atoms with van der Waals surface area (Å²) >= 11 is 0. The second kappa shape index (κ2) is 4.77.